The quantitative estimate of drug-likeness (QED) is 0.410. The third-order valence-corrected chi connectivity index (χ3v) is 3.42. The van der Waals surface area contributed by atoms with E-state index in [0.29, 0.717) is 16.0 Å². The minimum atomic E-state index is -0.655. The van der Waals surface area contributed by atoms with E-state index in [1.807, 2.05) is 30.3 Å². The summed E-state index contributed by atoms with van der Waals surface area (Å²) in [6.45, 7) is 0. The number of halogens is 1. The van der Waals surface area contributed by atoms with Crippen molar-refractivity contribution in [2.75, 3.05) is 0 Å². The second-order valence-corrected chi connectivity index (χ2v) is 5.17. The molecule has 0 aliphatic heterocycles. The molecule has 0 bridgehead atoms. The number of rotatable bonds is 3. The highest BCUT2D eigenvalue weighted by molar-refractivity contribution is 6.31. The highest BCUT2D eigenvalue weighted by atomic mass is 35.5. The zero-order valence-corrected chi connectivity index (χ0v) is 12.2. The molecule has 0 spiro atoms. The van der Waals surface area contributed by atoms with Gasteiger partial charge in [0, 0.05) is 10.4 Å². The molecule has 4 heteroatoms. The van der Waals surface area contributed by atoms with Gasteiger partial charge >= 0.3 is 5.63 Å². The average Bonchev–Trinajstić information content (AvgIpc) is 2.53. The Kier molecular flexibility index (Phi) is 3.90. The molecule has 0 unspecified atom stereocenters. The Labute approximate surface area is 131 Å². The molecule has 1 aromatic heterocycles. The fourth-order valence-electron chi connectivity index (χ4n) is 2.09. The molecule has 0 atom stereocenters. The molecular formula is C18H11ClO3. The molecule has 0 fully saturated rings. The molecule has 3 nitrogen and oxygen atoms in total. The van der Waals surface area contributed by atoms with E-state index in [9.17, 15) is 9.59 Å². The first kappa shape index (κ1) is 14.3. The average molecular weight is 311 g/mol. The van der Waals surface area contributed by atoms with E-state index in [0.717, 1.165) is 5.56 Å². The first-order chi connectivity index (χ1) is 10.6. The van der Waals surface area contributed by atoms with Gasteiger partial charge in [0.2, 0.25) is 0 Å². The van der Waals surface area contributed by atoms with Gasteiger partial charge in [-0.25, -0.2) is 4.79 Å². The van der Waals surface area contributed by atoms with Crippen LogP contribution >= 0.6 is 11.6 Å². The predicted molar refractivity (Wildman–Crippen MR) is 87.3 cm³/mol. The number of carbonyl (C=O) groups is 1. The van der Waals surface area contributed by atoms with Gasteiger partial charge in [0.25, 0.3) is 0 Å². The van der Waals surface area contributed by atoms with E-state index in [4.69, 9.17) is 16.0 Å². The summed E-state index contributed by atoms with van der Waals surface area (Å²) in [7, 11) is 0. The van der Waals surface area contributed by atoms with Crippen LogP contribution in [0.2, 0.25) is 5.02 Å². The molecule has 3 rings (SSSR count). The number of hydrogen-bond acceptors (Lipinski definition) is 3. The van der Waals surface area contributed by atoms with E-state index in [-0.39, 0.29) is 5.56 Å². The summed E-state index contributed by atoms with van der Waals surface area (Å²) >= 11 is 5.91. The standard InChI is InChI=1S/C18H11ClO3/c19-14-7-9-17-13(10-14)11-15(18(21)22-17)16(20)8-6-12-4-2-1-3-5-12/h1-11H/b8-6-. The molecule has 0 amide bonds. The van der Waals surface area contributed by atoms with Crippen molar-refractivity contribution in [2.45, 2.75) is 0 Å². The fourth-order valence-corrected chi connectivity index (χ4v) is 2.27. The highest BCUT2D eigenvalue weighted by Gasteiger charge is 2.11. The largest absolute Gasteiger partial charge is 0.422 e. The summed E-state index contributed by atoms with van der Waals surface area (Å²) in [5.41, 5.74) is 0.613. The zero-order valence-electron chi connectivity index (χ0n) is 11.5. The van der Waals surface area contributed by atoms with Crippen LogP contribution in [0.1, 0.15) is 15.9 Å². The first-order valence-electron chi connectivity index (χ1n) is 6.64. The van der Waals surface area contributed by atoms with Crippen LogP contribution in [0.25, 0.3) is 17.0 Å². The van der Waals surface area contributed by atoms with Crippen molar-refractivity contribution in [2.24, 2.45) is 0 Å². The monoisotopic (exact) mass is 310 g/mol. The lowest BCUT2D eigenvalue weighted by Crippen LogP contribution is -2.11. The van der Waals surface area contributed by atoms with Crippen molar-refractivity contribution in [3.63, 3.8) is 0 Å². The summed E-state index contributed by atoms with van der Waals surface area (Å²) in [4.78, 5) is 24.1. The number of carbonyl (C=O) groups excluding carboxylic acids is 1. The van der Waals surface area contributed by atoms with E-state index >= 15 is 0 Å². The number of hydrogen-bond donors (Lipinski definition) is 0. The van der Waals surface area contributed by atoms with Crippen molar-refractivity contribution >= 4 is 34.4 Å². The third kappa shape index (κ3) is 3.00. The lowest BCUT2D eigenvalue weighted by molar-refractivity contribution is 0.104. The topological polar surface area (TPSA) is 47.3 Å². The summed E-state index contributed by atoms with van der Waals surface area (Å²) < 4.78 is 5.15. The summed E-state index contributed by atoms with van der Waals surface area (Å²) in [6.07, 6.45) is 3.02. The van der Waals surface area contributed by atoms with Crippen LogP contribution in [-0.2, 0) is 0 Å². The van der Waals surface area contributed by atoms with E-state index in [1.54, 1.807) is 24.3 Å². The van der Waals surface area contributed by atoms with Crippen molar-refractivity contribution in [1.29, 1.82) is 0 Å². The molecule has 0 saturated heterocycles. The van der Waals surface area contributed by atoms with Crippen LogP contribution < -0.4 is 5.63 Å². The van der Waals surface area contributed by atoms with Gasteiger partial charge in [-0.1, -0.05) is 48.0 Å². The van der Waals surface area contributed by atoms with Crippen LogP contribution in [0.15, 0.2) is 69.9 Å². The maximum atomic E-state index is 12.2. The van der Waals surface area contributed by atoms with Gasteiger partial charge in [-0.3, -0.25) is 4.79 Å². The Bertz CT molecular complexity index is 924. The summed E-state index contributed by atoms with van der Waals surface area (Å²) in [5, 5.41) is 1.13. The van der Waals surface area contributed by atoms with Gasteiger partial charge in [0.15, 0.2) is 5.78 Å². The van der Waals surface area contributed by atoms with Crippen molar-refractivity contribution in [1.82, 2.24) is 0 Å². The first-order valence-corrected chi connectivity index (χ1v) is 7.02. The molecule has 0 aliphatic carbocycles. The molecule has 22 heavy (non-hydrogen) atoms. The van der Waals surface area contributed by atoms with Crippen LogP contribution in [0, 0.1) is 0 Å². The smallest absolute Gasteiger partial charge is 0.347 e. The van der Waals surface area contributed by atoms with Gasteiger partial charge in [0.05, 0.1) is 0 Å². The number of ketones is 1. The summed E-state index contributed by atoms with van der Waals surface area (Å²) in [5.74, 6) is -0.403. The molecule has 3 aromatic rings. The maximum absolute atomic E-state index is 12.2. The molecule has 2 aromatic carbocycles. The minimum Gasteiger partial charge on any atom is -0.422 e. The Morgan fingerprint density at radius 3 is 2.59 bits per heavy atom. The van der Waals surface area contributed by atoms with Gasteiger partial charge in [0.1, 0.15) is 11.1 Å². The van der Waals surface area contributed by atoms with Crippen molar-refractivity contribution in [3.05, 3.63) is 87.2 Å². The Morgan fingerprint density at radius 2 is 1.82 bits per heavy atom. The lowest BCUT2D eigenvalue weighted by atomic mass is 10.1. The van der Waals surface area contributed by atoms with Gasteiger partial charge in [-0.2, -0.15) is 0 Å². The van der Waals surface area contributed by atoms with Crippen molar-refractivity contribution < 1.29 is 9.21 Å². The Morgan fingerprint density at radius 1 is 1.05 bits per heavy atom. The number of allylic oxidation sites excluding steroid dienone is 1. The van der Waals surface area contributed by atoms with Crippen LogP contribution in [0.5, 0.6) is 0 Å². The molecule has 0 N–H and O–H groups in total. The highest BCUT2D eigenvalue weighted by Crippen LogP contribution is 2.19. The van der Waals surface area contributed by atoms with E-state index in [1.165, 1.54) is 12.1 Å². The molecular weight excluding hydrogens is 300 g/mol. The molecule has 0 radical (unpaired) electrons. The normalized spacial score (nSPS) is 11.1. The molecule has 108 valence electrons. The SMILES string of the molecule is O=C(/C=C\c1ccccc1)c1cc2cc(Cl)ccc2oc1=O. The maximum Gasteiger partial charge on any atom is 0.347 e. The Balaban J connectivity index is 1.98. The van der Waals surface area contributed by atoms with Crippen LogP contribution in [-0.4, -0.2) is 5.78 Å². The molecule has 0 aliphatic rings. The van der Waals surface area contributed by atoms with Gasteiger partial charge in [-0.05, 0) is 35.9 Å². The van der Waals surface area contributed by atoms with Gasteiger partial charge < -0.3 is 4.42 Å². The van der Waals surface area contributed by atoms with E-state index in [2.05, 4.69) is 0 Å². The number of fused-ring (bicyclic) bond motifs is 1. The third-order valence-electron chi connectivity index (χ3n) is 3.19. The molecule has 1 heterocycles. The predicted octanol–water partition coefficient (Wildman–Crippen LogP) is 4.34. The zero-order chi connectivity index (χ0) is 15.5. The second kappa shape index (κ2) is 6.00. The second-order valence-electron chi connectivity index (χ2n) is 4.74. The van der Waals surface area contributed by atoms with Crippen molar-refractivity contribution in [3.8, 4) is 0 Å². The van der Waals surface area contributed by atoms with Crippen LogP contribution in [0.4, 0.5) is 0 Å². The minimum absolute atomic E-state index is 0.0121. The fraction of sp³-hybridized carbons (Fsp3) is 0. The van der Waals surface area contributed by atoms with E-state index < -0.39 is 11.4 Å². The van der Waals surface area contributed by atoms with Gasteiger partial charge in [-0.15, -0.1) is 0 Å². The van der Waals surface area contributed by atoms with Crippen LogP contribution in [0.3, 0.4) is 0 Å². The lowest BCUT2D eigenvalue weighted by Gasteiger charge is -2.00. The Hall–Kier alpha value is -2.65. The number of benzene rings is 2. The molecule has 0 saturated carbocycles. The summed E-state index contributed by atoms with van der Waals surface area (Å²) in [6, 6.07) is 15.8.